The van der Waals surface area contributed by atoms with Crippen molar-refractivity contribution in [2.75, 3.05) is 0 Å². The molecule has 1 aliphatic heterocycles. The van der Waals surface area contributed by atoms with Crippen LogP contribution in [0.2, 0.25) is 0 Å². The third-order valence-corrected chi connectivity index (χ3v) is 23.1. The van der Waals surface area contributed by atoms with Gasteiger partial charge in [-0.1, -0.05) is 24.3 Å². The van der Waals surface area contributed by atoms with Crippen LogP contribution in [-0.4, -0.2) is 32.4 Å². The zero-order valence-corrected chi connectivity index (χ0v) is 36.3. The van der Waals surface area contributed by atoms with E-state index in [0.717, 1.165) is 50.6 Å². The van der Waals surface area contributed by atoms with E-state index < -0.39 is 13.3 Å². The van der Waals surface area contributed by atoms with Gasteiger partial charge in [0.2, 0.25) is 0 Å². The van der Waals surface area contributed by atoms with E-state index in [9.17, 15) is 0 Å². The summed E-state index contributed by atoms with van der Waals surface area (Å²) in [5.74, 6) is 0.727. The van der Waals surface area contributed by atoms with E-state index in [-0.39, 0.29) is 0 Å². The first-order valence-corrected chi connectivity index (χ1v) is 25.8. The molecule has 5 heteroatoms. The molecule has 0 bridgehead atoms. The van der Waals surface area contributed by atoms with Crippen LogP contribution in [0.4, 0.5) is 0 Å². The fourth-order valence-electron chi connectivity index (χ4n) is 10.6. The Hall–Kier alpha value is -7.80. The van der Waals surface area contributed by atoms with Crippen molar-refractivity contribution < 1.29 is 0 Å². The number of benzene rings is 9. The van der Waals surface area contributed by atoms with E-state index in [4.69, 9.17) is 9.97 Å². The summed E-state index contributed by atoms with van der Waals surface area (Å²) in [7, 11) is 0. The Labute approximate surface area is 367 Å². The van der Waals surface area contributed by atoms with Crippen molar-refractivity contribution in [3.8, 4) is 45.1 Å². The summed E-state index contributed by atoms with van der Waals surface area (Å²) in [6.45, 7) is 0. The molecular weight excluding hydrogens is 825 g/mol. The van der Waals surface area contributed by atoms with E-state index >= 15 is 0 Å². The van der Waals surface area contributed by atoms with Crippen molar-refractivity contribution in [1.82, 2.24) is 19.1 Å². The fourth-order valence-corrected chi connectivity index (χ4v) is 21.1. The average Bonchev–Trinajstić information content (AvgIpc) is 3.98. The third-order valence-electron chi connectivity index (χ3n) is 13.2. The van der Waals surface area contributed by atoms with Crippen molar-refractivity contribution in [2.45, 2.75) is 0 Å². The van der Waals surface area contributed by atoms with Gasteiger partial charge in [0, 0.05) is 0 Å². The minimum atomic E-state index is -3.76. The first-order valence-electron chi connectivity index (χ1n) is 21.6. The third kappa shape index (κ3) is 5.22. The molecule has 1 aliphatic rings. The molecule has 3 aromatic heterocycles. The molecule has 13 rings (SSSR count). The van der Waals surface area contributed by atoms with Gasteiger partial charge in [0.25, 0.3) is 0 Å². The molecule has 12 aromatic rings. The summed E-state index contributed by atoms with van der Waals surface area (Å²) in [4.78, 5) is 11.6. The number of hydrogen-bond acceptors (Lipinski definition) is 2. The first-order chi connectivity index (χ1) is 31.3. The number of para-hydroxylation sites is 4. The van der Waals surface area contributed by atoms with Gasteiger partial charge in [-0.2, -0.15) is 0 Å². The summed E-state index contributed by atoms with van der Waals surface area (Å²) < 4.78 is 10.1. The van der Waals surface area contributed by atoms with Gasteiger partial charge in [0.15, 0.2) is 0 Å². The summed E-state index contributed by atoms with van der Waals surface area (Å²) in [6, 6.07) is 84.0. The number of aromatic nitrogens is 4. The quantitative estimate of drug-likeness (QED) is 0.156. The van der Waals surface area contributed by atoms with Crippen LogP contribution >= 0.6 is 0 Å². The summed E-state index contributed by atoms with van der Waals surface area (Å²) >= 11 is -3.76. The predicted molar refractivity (Wildman–Crippen MR) is 264 cm³/mol. The van der Waals surface area contributed by atoms with Crippen molar-refractivity contribution in [2.24, 2.45) is 0 Å². The van der Waals surface area contributed by atoms with Crippen molar-refractivity contribution in [1.29, 1.82) is 0 Å². The van der Waals surface area contributed by atoms with E-state index in [1.54, 1.807) is 0 Å². The molecule has 0 saturated carbocycles. The van der Waals surface area contributed by atoms with Gasteiger partial charge in [-0.15, -0.1) is 0 Å². The van der Waals surface area contributed by atoms with Crippen LogP contribution in [0.5, 0.6) is 0 Å². The Kier molecular flexibility index (Phi) is 8.05. The molecule has 0 spiro atoms. The molecule has 0 amide bonds. The molecule has 0 atom stereocenters. The molecule has 294 valence electrons. The Balaban J connectivity index is 1.14. The van der Waals surface area contributed by atoms with Crippen LogP contribution < -0.4 is 17.7 Å². The first kappa shape index (κ1) is 35.9. The van der Waals surface area contributed by atoms with E-state index in [2.05, 4.69) is 240 Å². The van der Waals surface area contributed by atoms with Gasteiger partial charge in [-0.05, 0) is 12.1 Å². The number of rotatable bonds is 6. The summed E-state index contributed by atoms with van der Waals surface area (Å²) in [5.41, 5.74) is 12.3. The number of nitrogens with zero attached hydrogens (tertiary/aromatic N) is 4. The van der Waals surface area contributed by atoms with Gasteiger partial charge >= 0.3 is 333 Å². The summed E-state index contributed by atoms with van der Waals surface area (Å²) in [6.07, 6.45) is 0. The summed E-state index contributed by atoms with van der Waals surface area (Å²) in [5, 5.41) is 4.84. The second-order valence-corrected chi connectivity index (χ2v) is 24.2. The van der Waals surface area contributed by atoms with E-state index in [1.165, 1.54) is 55.9 Å². The van der Waals surface area contributed by atoms with Gasteiger partial charge in [-0.25, -0.2) is 0 Å². The van der Waals surface area contributed by atoms with Crippen molar-refractivity contribution in [3.63, 3.8) is 0 Å². The van der Waals surface area contributed by atoms with Crippen LogP contribution in [0.15, 0.2) is 231 Å². The monoisotopic (exact) mass is 864 g/mol. The van der Waals surface area contributed by atoms with Crippen LogP contribution in [0, 0.1) is 0 Å². The normalized spacial score (nSPS) is 12.9. The molecule has 0 fully saturated rings. The second kappa shape index (κ2) is 14.1. The molecule has 0 aliphatic carbocycles. The molecular formula is C58H38GeN4. The maximum absolute atomic E-state index is 5.94. The van der Waals surface area contributed by atoms with Crippen LogP contribution in [0.3, 0.4) is 0 Å². The standard InChI is InChI=1S/C58H38GeN4/c1-5-21-39(22-6-1)56-55-45-31-13-17-33-49(45)59(40-23-7-2-8-24-40,41-25-9-3-10-26-41)57(55)61-58(60-56)46-32-16-20-36-52(46)63-51-35-19-15-30-44(51)48-37-53-47(38-54(48)63)43-29-14-18-34-50(43)62(53)42-27-11-4-12-28-42/h1-38H. The van der Waals surface area contributed by atoms with Crippen molar-refractivity contribution in [3.05, 3.63) is 231 Å². The zero-order chi connectivity index (χ0) is 41.5. The minimum absolute atomic E-state index is 0.727. The number of hydrogen-bond donors (Lipinski definition) is 0. The second-order valence-electron chi connectivity index (χ2n) is 16.5. The van der Waals surface area contributed by atoms with E-state index in [0.29, 0.717) is 0 Å². The fraction of sp³-hybridized carbons (Fsp3) is 0. The topological polar surface area (TPSA) is 35.6 Å². The van der Waals surface area contributed by atoms with Gasteiger partial charge in [0.05, 0.1) is 0 Å². The Morgan fingerprint density at radius 3 is 1.51 bits per heavy atom. The Bertz CT molecular complexity index is 3690. The SMILES string of the molecule is c1ccc(-c2nc(-c3ccccc3-n3c4ccccc4c4cc5c(cc43)c3ccccc3n5-c3ccccc3)n[c]3c2-c2cccc[c]2[Ge]3([c]2ccccc2)[c]2ccccc2)cc1. The van der Waals surface area contributed by atoms with Gasteiger partial charge < -0.3 is 0 Å². The van der Waals surface area contributed by atoms with Crippen LogP contribution in [0.1, 0.15) is 0 Å². The number of fused-ring (bicyclic) bond motifs is 9. The van der Waals surface area contributed by atoms with E-state index in [1.807, 2.05) is 0 Å². The molecule has 63 heavy (non-hydrogen) atoms. The maximum atomic E-state index is 5.94. The van der Waals surface area contributed by atoms with Crippen molar-refractivity contribution >= 4 is 74.6 Å². The molecule has 0 saturated heterocycles. The Morgan fingerprint density at radius 2 is 0.857 bits per heavy atom. The van der Waals surface area contributed by atoms with Gasteiger partial charge in [-0.3, -0.25) is 0 Å². The van der Waals surface area contributed by atoms with Crippen LogP contribution in [0.25, 0.3) is 88.8 Å². The Morgan fingerprint density at radius 1 is 0.365 bits per heavy atom. The molecule has 0 N–H and O–H groups in total. The molecule has 0 unspecified atom stereocenters. The van der Waals surface area contributed by atoms with Gasteiger partial charge in [0.1, 0.15) is 0 Å². The predicted octanol–water partition coefficient (Wildman–Crippen LogP) is 11.4. The molecule has 9 aromatic carbocycles. The zero-order valence-electron chi connectivity index (χ0n) is 34.2. The van der Waals surface area contributed by atoms with Crippen LogP contribution in [-0.2, 0) is 0 Å². The molecule has 4 nitrogen and oxygen atoms in total. The molecule has 0 radical (unpaired) electrons. The average molecular weight is 864 g/mol. The molecule has 4 heterocycles.